The third kappa shape index (κ3) is 3.49. The second-order valence-corrected chi connectivity index (χ2v) is 5.61. The maximum absolute atomic E-state index is 6.20. The molecule has 1 aromatic rings. The first-order chi connectivity index (χ1) is 9.70. The molecule has 0 aliphatic heterocycles. The average molecular weight is 277 g/mol. The van der Waals surface area contributed by atoms with Crippen molar-refractivity contribution in [2.45, 2.75) is 57.6 Å². The first kappa shape index (κ1) is 15.3. The second kappa shape index (κ2) is 7.04. The van der Waals surface area contributed by atoms with E-state index in [1.807, 2.05) is 6.07 Å². The quantitative estimate of drug-likeness (QED) is 0.804. The van der Waals surface area contributed by atoms with E-state index < -0.39 is 0 Å². The van der Waals surface area contributed by atoms with Gasteiger partial charge in [-0.15, -0.1) is 0 Å². The zero-order chi connectivity index (χ0) is 14.4. The summed E-state index contributed by atoms with van der Waals surface area (Å²) in [5.74, 6) is 0.592. The van der Waals surface area contributed by atoms with Crippen molar-refractivity contribution in [2.75, 3.05) is 18.9 Å². The molecule has 0 saturated heterocycles. The van der Waals surface area contributed by atoms with Crippen molar-refractivity contribution >= 4 is 5.82 Å². The standard InChI is InChI=1S/C16H27N3O/c1-3-18-14(11-13-7-10-19-15(17)12-13)16(20-4-2)8-5-6-9-16/h7,10,12,14,18H,3-6,8-9,11H2,1-2H3,(H2,17,19). The number of rotatable bonds is 7. The lowest BCUT2D eigenvalue weighted by molar-refractivity contribution is -0.0609. The van der Waals surface area contributed by atoms with Crippen LogP contribution in [-0.4, -0.2) is 29.8 Å². The van der Waals surface area contributed by atoms with Crippen LogP contribution in [-0.2, 0) is 11.2 Å². The predicted molar refractivity (Wildman–Crippen MR) is 82.6 cm³/mol. The van der Waals surface area contributed by atoms with Gasteiger partial charge in [0.05, 0.1) is 5.60 Å². The minimum absolute atomic E-state index is 0.0111. The van der Waals surface area contributed by atoms with Crippen molar-refractivity contribution in [3.05, 3.63) is 23.9 Å². The summed E-state index contributed by atoms with van der Waals surface area (Å²) >= 11 is 0. The van der Waals surface area contributed by atoms with E-state index in [0.29, 0.717) is 11.9 Å². The molecule has 1 fully saturated rings. The van der Waals surface area contributed by atoms with Crippen LogP contribution < -0.4 is 11.1 Å². The van der Waals surface area contributed by atoms with E-state index in [4.69, 9.17) is 10.5 Å². The molecule has 1 aromatic heterocycles. The van der Waals surface area contributed by atoms with E-state index in [2.05, 4.69) is 30.2 Å². The van der Waals surface area contributed by atoms with Gasteiger partial charge in [-0.05, 0) is 50.4 Å². The molecule has 0 aromatic carbocycles. The Balaban J connectivity index is 2.16. The SMILES string of the molecule is CCNC(Cc1ccnc(N)c1)C1(OCC)CCCC1. The molecular formula is C16H27N3O. The summed E-state index contributed by atoms with van der Waals surface area (Å²) in [6.45, 7) is 5.98. The van der Waals surface area contributed by atoms with Crippen LogP contribution in [0.25, 0.3) is 0 Å². The van der Waals surface area contributed by atoms with E-state index in [1.165, 1.54) is 18.4 Å². The monoisotopic (exact) mass is 277 g/mol. The predicted octanol–water partition coefficient (Wildman–Crippen LogP) is 2.53. The Kier molecular flexibility index (Phi) is 5.38. The Morgan fingerprint density at radius 2 is 2.15 bits per heavy atom. The molecule has 4 nitrogen and oxygen atoms in total. The van der Waals surface area contributed by atoms with E-state index in [1.54, 1.807) is 6.20 Å². The summed E-state index contributed by atoms with van der Waals surface area (Å²) in [4.78, 5) is 4.07. The number of aromatic nitrogens is 1. The highest BCUT2D eigenvalue weighted by atomic mass is 16.5. The minimum Gasteiger partial charge on any atom is -0.384 e. The summed E-state index contributed by atoms with van der Waals surface area (Å²) in [6.07, 6.45) is 7.56. The molecule has 3 N–H and O–H groups in total. The largest absolute Gasteiger partial charge is 0.384 e. The lowest BCUT2D eigenvalue weighted by atomic mass is 9.87. The van der Waals surface area contributed by atoms with Gasteiger partial charge in [0.1, 0.15) is 5.82 Å². The number of anilines is 1. The number of nitrogens with two attached hydrogens (primary N) is 1. The lowest BCUT2D eigenvalue weighted by Gasteiger charge is -2.38. The fraction of sp³-hybridized carbons (Fsp3) is 0.688. The fourth-order valence-electron chi connectivity index (χ4n) is 3.40. The Bertz CT molecular complexity index is 416. The molecule has 0 spiro atoms. The van der Waals surface area contributed by atoms with Gasteiger partial charge in [0.25, 0.3) is 0 Å². The molecule has 2 rings (SSSR count). The van der Waals surface area contributed by atoms with Crippen molar-refractivity contribution in [2.24, 2.45) is 0 Å². The highest BCUT2D eigenvalue weighted by Crippen LogP contribution is 2.37. The van der Waals surface area contributed by atoms with Gasteiger partial charge in [-0.3, -0.25) is 0 Å². The molecule has 0 bridgehead atoms. The highest BCUT2D eigenvalue weighted by Gasteiger charge is 2.41. The number of nitrogen functional groups attached to an aromatic ring is 1. The molecule has 1 unspecified atom stereocenters. The lowest BCUT2D eigenvalue weighted by Crippen LogP contribution is -2.52. The maximum atomic E-state index is 6.20. The van der Waals surface area contributed by atoms with Gasteiger partial charge in [-0.25, -0.2) is 4.98 Å². The number of nitrogens with zero attached hydrogens (tertiary/aromatic N) is 1. The molecule has 20 heavy (non-hydrogen) atoms. The van der Waals surface area contributed by atoms with E-state index in [9.17, 15) is 0 Å². The molecule has 0 amide bonds. The van der Waals surface area contributed by atoms with Gasteiger partial charge in [0, 0.05) is 18.8 Å². The molecule has 1 atom stereocenters. The second-order valence-electron chi connectivity index (χ2n) is 5.61. The maximum Gasteiger partial charge on any atom is 0.123 e. The van der Waals surface area contributed by atoms with Crippen molar-refractivity contribution in [3.63, 3.8) is 0 Å². The van der Waals surface area contributed by atoms with Crippen LogP contribution >= 0.6 is 0 Å². The number of nitrogens with one attached hydrogen (secondary N) is 1. The molecule has 4 heteroatoms. The van der Waals surface area contributed by atoms with E-state index in [-0.39, 0.29) is 5.60 Å². The Labute approximate surface area is 122 Å². The Morgan fingerprint density at radius 3 is 2.75 bits per heavy atom. The van der Waals surface area contributed by atoms with Gasteiger partial charge >= 0.3 is 0 Å². The van der Waals surface area contributed by atoms with Crippen LogP contribution in [0.5, 0.6) is 0 Å². The van der Waals surface area contributed by atoms with Gasteiger partial charge in [-0.1, -0.05) is 19.8 Å². The highest BCUT2D eigenvalue weighted by molar-refractivity contribution is 5.32. The normalized spacial score (nSPS) is 19.1. The average Bonchev–Trinajstić information content (AvgIpc) is 2.89. The third-order valence-electron chi connectivity index (χ3n) is 4.25. The molecule has 1 aliphatic carbocycles. The van der Waals surface area contributed by atoms with E-state index in [0.717, 1.165) is 32.4 Å². The first-order valence-electron chi connectivity index (χ1n) is 7.78. The number of likely N-dealkylation sites (N-methyl/N-ethyl adjacent to an activating group) is 1. The summed E-state index contributed by atoms with van der Waals surface area (Å²) in [7, 11) is 0. The number of pyridine rings is 1. The Hall–Kier alpha value is -1.13. The van der Waals surface area contributed by atoms with E-state index >= 15 is 0 Å². The Morgan fingerprint density at radius 1 is 1.40 bits per heavy atom. The fourth-order valence-corrected chi connectivity index (χ4v) is 3.40. The summed E-state index contributed by atoms with van der Waals surface area (Å²) in [5.41, 5.74) is 7.01. The first-order valence-corrected chi connectivity index (χ1v) is 7.78. The summed E-state index contributed by atoms with van der Waals surface area (Å²) in [6, 6.07) is 4.37. The molecule has 1 aliphatic rings. The molecule has 112 valence electrons. The smallest absolute Gasteiger partial charge is 0.123 e. The van der Waals surface area contributed by atoms with Crippen molar-refractivity contribution in [1.82, 2.24) is 10.3 Å². The van der Waals surface area contributed by atoms with Gasteiger partial charge < -0.3 is 15.8 Å². The molecule has 0 radical (unpaired) electrons. The van der Waals surface area contributed by atoms with Crippen molar-refractivity contribution in [1.29, 1.82) is 0 Å². The van der Waals surface area contributed by atoms with Crippen LogP contribution in [0, 0.1) is 0 Å². The third-order valence-corrected chi connectivity index (χ3v) is 4.25. The molecule has 1 heterocycles. The summed E-state index contributed by atoms with van der Waals surface area (Å²) in [5, 5.41) is 3.63. The van der Waals surface area contributed by atoms with Crippen molar-refractivity contribution < 1.29 is 4.74 Å². The van der Waals surface area contributed by atoms with Crippen LogP contribution in [0.1, 0.15) is 45.1 Å². The van der Waals surface area contributed by atoms with Gasteiger partial charge in [-0.2, -0.15) is 0 Å². The van der Waals surface area contributed by atoms with Gasteiger partial charge in [0.15, 0.2) is 0 Å². The number of hydrogen-bond acceptors (Lipinski definition) is 4. The van der Waals surface area contributed by atoms with Crippen LogP contribution in [0.4, 0.5) is 5.82 Å². The van der Waals surface area contributed by atoms with Crippen LogP contribution in [0.2, 0.25) is 0 Å². The topological polar surface area (TPSA) is 60.2 Å². The van der Waals surface area contributed by atoms with Crippen LogP contribution in [0.15, 0.2) is 18.3 Å². The minimum atomic E-state index is -0.0111. The zero-order valence-corrected chi connectivity index (χ0v) is 12.7. The van der Waals surface area contributed by atoms with Crippen molar-refractivity contribution in [3.8, 4) is 0 Å². The van der Waals surface area contributed by atoms with Crippen LogP contribution in [0.3, 0.4) is 0 Å². The number of hydrogen-bond donors (Lipinski definition) is 2. The number of ether oxygens (including phenoxy) is 1. The molecular weight excluding hydrogens is 250 g/mol. The summed E-state index contributed by atoms with van der Waals surface area (Å²) < 4.78 is 6.20. The van der Waals surface area contributed by atoms with Gasteiger partial charge in [0.2, 0.25) is 0 Å². The molecule has 1 saturated carbocycles. The zero-order valence-electron chi connectivity index (χ0n) is 12.7.